The van der Waals surface area contributed by atoms with Crippen molar-refractivity contribution in [2.45, 2.75) is 13.8 Å². The molecule has 0 atom stereocenters. The van der Waals surface area contributed by atoms with Crippen LogP contribution in [0.4, 0.5) is 4.79 Å². The molecule has 2 rings (SSSR count). The van der Waals surface area contributed by atoms with Crippen molar-refractivity contribution in [2.75, 3.05) is 27.4 Å². The first-order valence-electron chi connectivity index (χ1n) is 8.16. The Morgan fingerprint density at radius 3 is 2.25 bits per heavy atom. The van der Waals surface area contributed by atoms with E-state index in [9.17, 15) is 19.2 Å². The predicted molar refractivity (Wildman–Crippen MR) is 100 cm³/mol. The summed E-state index contributed by atoms with van der Waals surface area (Å²) in [6.07, 6.45) is 1.46. The molecule has 1 aliphatic rings. The summed E-state index contributed by atoms with van der Waals surface area (Å²) in [5, 5.41) is -0.570. The van der Waals surface area contributed by atoms with Gasteiger partial charge in [0.05, 0.1) is 25.7 Å². The maximum atomic E-state index is 12.5. The fourth-order valence-electron chi connectivity index (χ4n) is 2.35. The highest BCUT2D eigenvalue weighted by molar-refractivity contribution is 8.18. The fraction of sp³-hybridized carbons (Fsp3) is 0.333. The quantitative estimate of drug-likeness (QED) is 0.380. The van der Waals surface area contributed by atoms with Crippen LogP contribution in [0.5, 0.6) is 17.2 Å². The van der Waals surface area contributed by atoms with Crippen molar-refractivity contribution >= 4 is 40.9 Å². The molecule has 10 heteroatoms. The number of hydrogen-bond donors (Lipinski definition) is 0. The molecule has 0 saturated carbocycles. The summed E-state index contributed by atoms with van der Waals surface area (Å²) in [5.41, 5.74) is 0.478. The molecule has 0 spiro atoms. The third kappa shape index (κ3) is 4.83. The Morgan fingerprint density at radius 1 is 1.14 bits per heavy atom. The summed E-state index contributed by atoms with van der Waals surface area (Å²) in [4.78, 5) is 48.3. The van der Waals surface area contributed by atoms with Crippen LogP contribution in [0, 0.1) is 0 Å². The lowest BCUT2D eigenvalue weighted by molar-refractivity contribution is -0.146. The molecule has 9 nitrogen and oxygen atoms in total. The van der Waals surface area contributed by atoms with Gasteiger partial charge in [-0.2, -0.15) is 0 Å². The molecule has 1 aromatic rings. The minimum absolute atomic E-state index is 0.102. The van der Waals surface area contributed by atoms with Crippen LogP contribution in [0.25, 0.3) is 6.08 Å². The number of hydrogen-bond acceptors (Lipinski definition) is 9. The first-order chi connectivity index (χ1) is 13.3. The summed E-state index contributed by atoms with van der Waals surface area (Å²) < 4.78 is 20.3. The lowest BCUT2D eigenvalue weighted by Gasteiger charge is -2.13. The smallest absolute Gasteiger partial charge is 0.326 e. The number of methoxy groups -OCH3 is 2. The summed E-state index contributed by atoms with van der Waals surface area (Å²) in [5.74, 6) is -1.29. The molecule has 0 aromatic heterocycles. The van der Waals surface area contributed by atoms with Gasteiger partial charge in [0.15, 0.2) is 11.5 Å². The van der Waals surface area contributed by atoms with Crippen molar-refractivity contribution in [3.63, 3.8) is 0 Å². The lowest BCUT2D eigenvalue weighted by atomic mass is 10.1. The Kier molecular flexibility index (Phi) is 7.05. The number of rotatable bonds is 7. The Morgan fingerprint density at radius 2 is 1.75 bits per heavy atom. The number of imide groups is 1. The zero-order chi connectivity index (χ0) is 20.8. The van der Waals surface area contributed by atoms with Crippen molar-refractivity contribution < 1.29 is 38.1 Å². The number of thioether (sulfide) groups is 1. The average molecular weight is 409 g/mol. The highest BCUT2D eigenvalue weighted by Gasteiger charge is 2.36. The van der Waals surface area contributed by atoms with E-state index in [1.807, 2.05) is 0 Å². The van der Waals surface area contributed by atoms with Crippen LogP contribution in [0.15, 0.2) is 17.0 Å². The third-order valence-electron chi connectivity index (χ3n) is 3.49. The summed E-state index contributed by atoms with van der Waals surface area (Å²) >= 11 is 0.702. The number of ether oxygens (including phenoxy) is 4. The van der Waals surface area contributed by atoms with E-state index in [0.717, 1.165) is 4.90 Å². The van der Waals surface area contributed by atoms with E-state index in [4.69, 9.17) is 18.9 Å². The van der Waals surface area contributed by atoms with E-state index in [0.29, 0.717) is 17.3 Å². The fourth-order valence-corrected chi connectivity index (χ4v) is 3.19. The van der Waals surface area contributed by atoms with E-state index < -0.39 is 29.6 Å². The number of carbonyl (C=O) groups excluding carboxylic acids is 4. The van der Waals surface area contributed by atoms with Gasteiger partial charge >= 0.3 is 11.9 Å². The van der Waals surface area contributed by atoms with Crippen LogP contribution in [-0.2, 0) is 19.1 Å². The molecule has 0 radical (unpaired) electrons. The molecule has 1 saturated heterocycles. The van der Waals surface area contributed by atoms with E-state index in [1.54, 1.807) is 6.92 Å². The monoisotopic (exact) mass is 409 g/mol. The normalized spacial score (nSPS) is 15.0. The van der Waals surface area contributed by atoms with Crippen LogP contribution in [-0.4, -0.2) is 55.4 Å². The second-order valence-corrected chi connectivity index (χ2v) is 6.41. The SMILES string of the molecule is CCOC(=O)CN1C(=O)S/C(=C\c2cc(OC)c(OC(C)=O)c(OC)c2)C1=O. The van der Waals surface area contributed by atoms with E-state index >= 15 is 0 Å². The zero-order valence-electron chi connectivity index (χ0n) is 15.8. The molecule has 1 fully saturated rings. The molecule has 1 aliphatic heterocycles. The minimum Gasteiger partial charge on any atom is -0.493 e. The maximum absolute atomic E-state index is 12.5. The number of benzene rings is 1. The van der Waals surface area contributed by atoms with Gasteiger partial charge in [-0.3, -0.25) is 24.1 Å². The van der Waals surface area contributed by atoms with Crippen LogP contribution in [0.3, 0.4) is 0 Å². The highest BCUT2D eigenvalue weighted by Crippen LogP contribution is 2.40. The first kappa shape index (κ1) is 21.3. The van der Waals surface area contributed by atoms with Crippen molar-refractivity contribution in [1.29, 1.82) is 0 Å². The van der Waals surface area contributed by atoms with Crippen LogP contribution in [0.1, 0.15) is 19.4 Å². The molecule has 0 bridgehead atoms. The maximum Gasteiger partial charge on any atom is 0.326 e. The van der Waals surface area contributed by atoms with Gasteiger partial charge in [0.2, 0.25) is 5.75 Å². The Bertz CT molecular complexity index is 823. The van der Waals surface area contributed by atoms with Gasteiger partial charge in [-0.25, -0.2) is 0 Å². The van der Waals surface area contributed by atoms with Crippen molar-refractivity contribution in [3.05, 3.63) is 22.6 Å². The zero-order valence-corrected chi connectivity index (χ0v) is 16.6. The molecule has 0 aliphatic carbocycles. The molecule has 1 heterocycles. The standard InChI is InChI=1S/C18H19NO8S/c1-5-26-15(21)9-19-17(22)14(28-18(19)23)8-11-6-12(24-3)16(27-10(2)20)13(7-11)25-4/h6-8H,5,9H2,1-4H3/b14-8-. The third-order valence-corrected chi connectivity index (χ3v) is 4.40. The second-order valence-electron chi connectivity index (χ2n) is 5.42. The van der Waals surface area contributed by atoms with Crippen LogP contribution >= 0.6 is 11.8 Å². The van der Waals surface area contributed by atoms with Gasteiger partial charge < -0.3 is 18.9 Å². The largest absolute Gasteiger partial charge is 0.493 e. The Labute approximate surface area is 165 Å². The van der Waals surface area contributed by atoms with Crippen molar-refractivity contribution in [3.8, 4) is 17.2 Å². The number of amides is 2. The Balaban J connectivity index is 2.34. The molecule has 0 N–H and O–H groups in total. The van der Waals surface area contributed by atoms with Crippen molar-refractivity contribution in [2.24, 2.45) is 0 Å². The number of carbonyl (C=O) groups is 4. The average Bonchev–Trinajstić information content (AvgIpc) is 2.89. The topological polar surface area (TPSA) is 108 Å². The van der Waals surface area contributed by atoms with Gasteiger partial charge in [-0.1, -0.05) is 0 Å². The lowest BCUT2D eigenvalue weighted by Crippen LogP contribution is -2.34. The first-order valence-corrected chi connectivity index (χ1v) is 8.97. The molecular weight excluding hydrogens is 390 g/mol. The van der Waals surface area contributed by atoms with E-state index in [1.165, 1.54) is 39.4 Å². The van der Waals surface area contributed by atoms with Gasteiger partial charge in [0.25, 0.3) is 11.1 Å². The molecule has 28 heavy (non-hydrogen) atoms. The number of nitrogens with zero attached hydrogens (tertiary/aromatic N) is 1. The summed E-state index contributed by atoms with van der Waals surface area (Å²) in [6.45, 7) is 2.57. The molecular formula is C18H19NO8S. The molecule has 0 unspecified atom stereocenters. The molecule has 150 valence electrons. The van der Waals surface area contributed by atoms with Crippen LogP contribution < -0.4 is 14.2 Å². The van der Waals surface area contributed by atoms with E-state index in [-0.39, 0.29) is 28.8 Å². The second kappa shape index (κ2) is 9.27. The van der Waals surface area contributed by atoms with Gasteiger partial charge in [0, 0.05) is 6.92 Å². The Hall–Kier alpha value is -3.01. The van der Waals surface area contributed by atoms with Gasteiger partial charge in [0.1, 0.15) is 6.54 Å². The number of esters is 2. The minimum atomic E-state index is -0.667. The molecule has 1 aromatic carbocycles. The summed E-state index contributed by atoms with van der Waals surface area (Å²) in [7, 11) is 2.78. The highest BCUT2D eigenvalue weighted by atomic mass is 32.2. The predicted octanol–water partition coefficient (Wildman–Crippen LogP) is 2.23. The van der Waals surface area contributed by atoms with E-state index in [2.05, 4.69) is 0 Å². The van der Waals surface area contributed by atoms with Crippen LogP contribution in [0.2, 0.25) is 0 Å². The van der Waals surface area contributed by atoms with Gasteiger partial charge in [-0.05, 0) is 42.5 Å². The van der Waals surface area contributed by atoms with Gasteiger partial charge in [-0.15, -0.1) is 0 Å². The van der Waals surface area contributed by atoms with Crippen molar-refractivity contribution in [1.82, 2.24) is 4.90 Å². The molecule has 2 amide bonds. The summed E-state index contributed by atoms with van der Waals surface area (Å²) in [6, 6.07) is 3.06.